The molecule has 3 aromatic carbocycles. The van der Waals surface area contributed by atoms with Crippen molar-refractivity contribution >= 4 is 27.9 Å². The number of H-pyrrole nitrogens is 1. The van der Waals surface area contributed by atoms with Crippen molar-refractivity contribution in [2.24, 2.45) is 5.92 Å². The van der Waals surface area contributed by atoms with Crippen LogP contribution in [-0.2, 0) is 11.3 Å². The van der Waals surface area contributed by atoms with Gasteiger partial charge in [-0.1, -0.05) is 54.6 Å². The second kappa shape index (κ2) is 8.92. The topological polar surface area (TPSA) is 100 Å². The van der Waals surface area contributed by atoms with E-state index in [0.29, 0.717) is 16.6 Å². The Morgan fingerprint density at radius 1 is 0.971 bits per heavy atom. The lowest BCUT2D eigenvalue weighted by atomic mass is 9.95. The molecule has 35 heavy (non-hydrogen) atoms. The number of aliphatic carboxylic acids is 1. The molecule has 7 heteroatoms. The first-order valence-electron chi connectivity index (χ1n) is 11.6. The van der Waals surface area contributed by atoms with Crippen LogP contribution < -0.4 is 5.69 Å². The summed E-state index contributed by atoms with van der Waals surface area (Å²) in [6.07, 6.45) is 0.677. The monoisotopic (exact) mass is 469 g/mol. The molecule has 3 N–H and O–H groups in total. The Morgan fingerprint density at radius 3 is 2.37 bits per heavy atom. The van der Waals surface area contributed by atoms with E-state index in [1.165, 1.54) is 4.57 Å². The Labute approximate surface area is 201 Å². The first-order chi connectivity index (χ1) is 16.9. The standard InChI is InChI=1S/C28H27N3O4/c1-17-9-8-12-22-25(17)20(15-29-22)18(2)31-24-14-7-6-13-23(24)30(28(31)35)16-21(27(33)34)26(32)19-10-4-3-5-11-19/h3-15,18,21,26,29,32H,16H2,1-2H3,(H,33,34). The summed E-state index contributed by atoms with van der Waals surface area (Å²) in [4.78, 5) is 29.3. The van der Waals surface area contributed by atoms with Crippen LogP contribution in [0.5, 0.6) is 0 Å². The van der Waals surface area contributed by atoms with Crippen LogP contribution in [0, 0.1) is 12.8 Å². The van der Waals surface area contributed by atoms with Gasteiger partial charge in [-0.3, -0.25) is 13.9 Å². The fourth-order valence-corrected chi connectivity index (χ4v) is 5.04. The average Bonchev–Trinajstić information content (AvgIpc) is 3.42. The Hall–Kier alpha value is -4.10. The molecule has 178 valence electrons. The molecule has 0 fully saturated rings. The second-order valence-electron chi connectivity index (χ2n) is 8.97. The predicted molar refractivity (Wildman–Crippen MR) is 136 cm³/mol. The molecule has 0 saturated carbocycles. The number of rotatable bonds is 7. The Balaban J connectivity index is 1.63. The van der Waals surface area contributed by atoms with E-state index in [9.17, 15) is 19.8 Å². The van der Waals surface area contributed by atoms with E-state index in [2.05, 4.69) is 4.98 Å². The van der Waals surface area contributed by atoms with Crippen molar-refractivity contribution in [1.82, 2.24) is 14.1 Å². The molecular weight excluding hydrogens is 442 g/mol. The van der Waals surface area contributed by atoms with Crippen LogP contribution in [0.25, 0.3) is 21.9 Å². The van der Waals surface area contributed by atoms with Crippen molar-refractivity contribution in [2.75, 3.05) is 0 Å². The first kappa shape index (κ1) is 22.7. The second-order valence-corrected chi connectivity index (χ2v) is 8.97. The van der Waals surface area contributed by atoms with Gasteiger partial charge >= 0.3 is 11.7 Å². The molecule has 7 nitrogen and oxygen atoms in total. The molecule has 0 bridgehead atoms. The predicted octanol–water partition coefficient (Wildman–Crippen LogP) is 4.64. The van der Waals surface area contributed by atoms with Crippen LogP contribution in [0.2, 0.25) is 0 Å². The van der Waals surface area contributed by atoms with Crippen molar-refractivity contribution in [3.8, 4) is 0 Å². The van der Waals surface area contributed by atoms with Gasteiger partial charge in [0.15, 0.2) is 0 Å². The molecule has 0 aliphatic rings. The lowest BCUT2D eigenvalue weighted by molar-refractivity contribution is -0.146. The Morgan fingerprint density at radius 2 is 1.66 bits per heavy atom. The van der Waals surface area contributed by atoms with Gasteiger partial charge in [0.1, 0.15) is 5.92 Å². The zero-order chi connectivity index (χ0) is 24.7. The quantitative estimate of drug-likeness (QED) is 0.323. The molecule has 0 amide bonds. The van der Waals surface area contributed by atoms with E-state index in [1.54, 1.807) is 34.9 Å². The summed E-state index contributed by atoms with van der Waals surface area (Å²) in [7, 11) is 0. The van der Waals surface area contributed by atoms with Gasteiger partial charge in [0.25, 0.3) is 0 Å². The zero-order valence-corrected chi connectivity index (χ0v) is 19.6. The largest absolute Gasteiger partial charge is 0.481 e. The lowest BCUT2D eigenvalue weighted by Gasteiger charge is -2.20. The molecule has 3 unspecified atom stereocenters. The van der Waals surface area contributed by atoms with Crippen molar-refractivity contribution in [3.05, 3.63) is 106 Å². The van der Waals surface area contributed by atoms with Gasteiger partial charge < -0.3 is 15.2 Å². The highest BCUT2D eigenvalue weighted by atomic mass is 16.4. The molecule has 0 aliphatic carbocycles. The number of nitrogens with zero attached hydrogens (tertiary/aromatic N) is 2. The van der Waals surface area contributed by atoms with Crippen LogP contribution in [0.15, 0.2) is 83.8 Å². The van der Waals surface area contributed by atoms with Crippen molar-refractivity contribution in [2.45, 2.75) is 32.5 Å². The molecule has 0 radical (unpaired) electrons. The maximum Gasteiger partial charge on any atom is 0.329 e. The van der Waals surface area contributed by atoms with Gasteiger partial charge in [0.05, 0.1) is 23.2 Å². The highest BCUT2D eigenvalue weighted by Gasteiger charge is 2.31. The van der Waals surface area contributed by atoms with Crippen LogP contribution in [0.1, 0.15) is 35.8 Å². The van der Waals surface area contributed by atoms with E-state index < -0.39 is 18.0 Å². The number of hydrogen-bond acceptors (Lipinski definition) is 3. The number of nitrogens with one attached hydrogen (secondary N) is 1. The number of imidazole rings is 1. The number of carboxylic acid groups (broad SMARTS) is 1. The zero-order valence-electron chi connectivity index (χ0n) is 19.6. The summed E-state index contributed by atoms with van der Waals surface area (Å²) >= 11 is 0. The number of fused-ring (bicyclic) bond motifs is 2. The summed E-state index contributed by atoms with van der Waals surface area (Å²) in [6, 6.07) is 21.8. The minimum absolute atomic E-state index is 0.155. The summed E-state index contributed by atoms with van der Waals surface area (Å²) in [6.45, 7) is 3.86. The molecule has 5 aromatic rings. The lowest BCUT2D eigenvalue weighted by Crippen LogP contribution is -2.33. The van der Waals surface area contributed by atoms with Gasteiger partial charge in [0, 0.05) is 29.2 Å². The summed E-state index contributed by atoms with van der Waals surface area (Å²) < 4.78 is 3.18. The van der Waals surface area contributed by atoms with Gasteiger partial charge in [0.2, 0.25) is 0 Å². The third-order valence-electron chi connectivity index (χ3n) is 6.87. The minimum Gasteiger partial charge on any atom is -0.481 e. The molecule has 3 atom stereocenters. The third kappa shape index (κ3) is 3.84. The molecule has 5 rings (SSSR count). The minimum atomic E-state index is -1.25. The van der Waals surface area contributed by atoms with Crippen LogP contribution in [-0.4, -0.2) is 30.3 Å². The summed E-state index contributed by atoms with van der Waals surface area (Å²) in [5.74, 6) is -2.36. The number of aromatic amines is 1. The SMILES string of the molecule is Cc1cccc2[nH]cc(C(C)n3c(=O)n(CC(C(=O)O)C(O)c4ccccc4)c4ccccc43)c12. The van der Waals surface area contributed by atoms with E-state index in [-0.39, 0.29) is 18.3 Å². The molecule has 0 spiro atoms. The van der Waals surface area contributed by atoms with E-state index in [0.717, 1.165) is 22.0 Å². The van der Waals surface area contributed by atoms with Crippen molar-refractivity contribution < 1.29 is 15.0 Å². The van der Waals surface area contributed by atoms with E-state index in [1.807, 2.05) is 62.5 Å². The number of benzene rings is 3. The Bertz CT molecular complexity index is 1580. The van der Waals surface area contributed by atoms with Gasteiger partial charge in [-0.15, -0.1) is 0 Å². The summed E-state index contributed by atoms with van der Waals surface area (Å²) in [5.41, 5.74) is 4.63. The smallest absolute Gasteiger partial charge is 0.329 e. The normalized spacial score (nSPS) is 14.3. The number of aromatic nitrogens is 3. The fraction of sp³-hybridized carbons (Fsp3) is 0.214. The van der Waals surface area contributed by atoms with Crippen LogP contribution in [0.4, 0.5) is 0 Å². The number of hydrogen-bond donors (Lipinski definition) is 3. The van der Waals surface area contributed by atoms with Crippen LogP contribution >= 0.6 is 0 Å². The maximum atomic E-state index is 13.8. The number of aryl methyl sites for hydroxylation is 1. The molecular formula is C28H27N3O4. The van der Waals surface area contributed by atoms with Crippen LogP contribution in [0.3, 0.4) is 0 Å². The average molecular weight is 470 g/mol. The highest BCUT2D eigenvalue weighted by Crippen LogP contribution is 2.31. The first-order valence-corrected chi connectivity index (χ1v) is 11.6. The number of para-hydroxylation sites is 2. The van der Waals surface area contributed by atoms with Crippen molar-refractivity contribution in [3.63, 3.8) is 0 Å². The van der Waals surface area contributed by atoms with E-state index in [4.69, 9.17) is 0 Å². The Kier molecular flexibility index (Phi) is 5.78. The number of carboxylic acids is 1. The molecule has 2 heterocycles. The number of aliphatic hydroxyl groups is 1. The van der Waals surface area contributed by atoms with Crippen molar-refractivity contribution in [1.29, 1.82) is 0 Å². The fourth-order valence-electron chi connectivity index (χ4n) is 5.04. The molecule has 0 aliphatic heterocycles. The van der Waals surface area contributed by atoms with E-state index >= 15 is 0 Å². The molecule has 0 saturated heterocycles. The van der Waals surface area contributed by atoms with Gasteiger partial charge in [-0.25, -0.2) is 4.79 Å². The highest BCUT2D eigenvalue weighted by molar-refractivity contribution is 5.87. The summed E-state index contributed by atoms with van der Waals surface area (Å²) in [5, 5.41) is 21.9. The molecule has 2 aromatic heterocycles. The maximum absolute atomic E-state index is 13.8. The number of carbonyl (C=O) groups is 1. The van der Waals surface area contributed by atoms with Gasteiger partial charge in [-0.05, 0) is 43.2 Å². The third-order valence-corrected chi connectivity index (χ3v) is 6.87. The van der Waals surface area contributed by atoms with Gasteiger partial charge in [-0.2, -0.15) is 0 Å². The number of aliphatic hydroxyl groups excluding tert-OH is 1.